The Kier molecular flexibility index (Phi) is 3.55. The van der Waals surface area contributed by atoms with Crippen LogP contribution in [0.15, 0.2) is 12.1 Å². The summed E-state index contributed by atoms with van der Waals surface area (Å²) in [5, 5.41) is 0.330. The SMILES string of the molecule is CCCOc1cc(C)c(F)cc1Cl. The minimum Gasteiger partial charge on any atom is -0.492 e. The highest BCUT2D eigenvalue weighted by Gasteiger charge is 2.05. The predicted octanol–water partition coefficient (Wildman–Crippen LogP) is 3.58. The second-order valence-corrected chi connectivity index (χ2v) is 3.29. The Morgan fingerprint density at radius 3 is 2.77 bits per heavy atom. The molecule has 1 nitrogen and oxygen atoms in total. The summed E-state index contributed by atoms with van der Waals surface area (Å²) in [5.74, 6) is 0.260. The van der Waals surface area contributed by atoms with Crippen LogP contribution in [0.5, 0.6) is 5.75 Å². The lowest BCUT2D eigenvalue weighted by atomic mass is 10.2. The van der Waals surface area contributed by atoms with Gasteiger partial charge in [-0.15, -0.1) is 0 Å². The van der Waals surface area contributed by atoms with Crippen LogP contribution in [-0.2, 0) is 0 Å². The van der Waals surface area contributed by atoms with E-state index in [1.165, 1.54) is 6.07 Å². The van der Waals surface area contributed by atoms with Gasteiger partial charge >= 0.3 is 0 Å². The molecule has 1 aromatic carbocycles. The van der Waals surface area contributed by atoms with Crippen LogP contribution in [0.2, 0.25) is 5.02 Å². The van der Waals surface area contributed by atoms with Crippen LogP contribution in [-0.4, -0.2) is 6.61 Å². The molecule has 0 fully saturated rings. The molecule has 0 saturated carbocycles. The smallest absolute Gasteiger partial charge is 0.138 e. The Morgan fingerprint density at radius 1 is 1.46 bits per heavy atom. The van der Waals surface area contributed by atoms with Crippen LogP contribution >= 0.6 is 11.6 Å². The van der Waals surface area contributed by atoms with Gasteiger partial charge in [0.05, 0.1) is 11.6 Å². The van der Waals surface area contributed by atoms with Gasteiger partial charge in [-0.3, -0.25) is 0 Å². The third kappa shape index (κ3) is 2.59. The van der Waals surface area contributed by atoms with Gasteiger partial charge in [-0.2, -0.15) is 0 Å². The zero-order chi connectivity index (χ0) is 9.84. The van der Waals surface area contributed by atoms with Crippen LogP contribution in [0, 0.1) is 12.7 Å². The number of aryl methyl sites for hydroxylation is 1. The molecule has 0 spiro atoms. The topological polar surface area (TPSA) is 9.23 Å². The van der Waals surface area contributed by atoms with Crippen molar-refractivity contribution >= 4 is 11.6 Å². The molecule has 0 saturated heterocycles. The first kappa shape index (κ1) is 10.3. The van der Waals surface area contributed by atoms with Gasteiger partial charge in [0.2, 0.25) is 0 Å². The number of halogens is 2. The fraction of sp³-hybridized carbons (Fsp3) is 0.400. The summed E-state index contributed by atoms with van der Waals surface area (Å²) >= 11 is 5.77. The number of ether oxygens (including phenoxy) is 1. The van der Waals surface area contributed by atoms with Crippen molar-refractivity contribution < 1.29 is 9.13 Å². The highest BCUT2D eigenvalue weighted by Crippen LogP contribution is 2.27. The summed E-state index contributed by atoms with van der Waals surface area (Å²) in [6.07, 6.45) is 0.909. The van der Waals surface area contributed by atoms with Crippen LogP contribution in [0.25, 0.3) is 0 Å². The predicted molar refractivity (Wildman–Crippen MR) is 51.9 cm³/mol. The van der Waals surface area contributed by atoms with Gasteiger partial charge in [0.25, 0.3) is 0 Å². The highest BCUT2D eigenvalue weighted by molar-refractivity contribution is 6.32. The lowest BCUT2D eigenvalue weighted by Gasteiger charge is -2.07. The second-order valence-electron chi connectivity index (χ2n) is 2.88. The van der Waals surface area contributed by atoms with E-state index >= 15 is 0 Å². The second kappa shape index (κ2) is 4.47. The Balaban J connectivity index is 2.88. The maximum atomic E-state index is 12.9. The third-order valence-electron chi connectivity index (χ3n) is 1.67. The maximum absolute atomic E-state index is 12.9. The van der Waals surface area contributed by atoms with Crippen molar-refractivity contribution in [2.45, 2.75) is 20.3 Å². The van der Waals surface area contributed by atoms with Crippen molar-refractivity contribution in [2.75, 3.05) is 6.61 Å². The van der Waals surface area contributed by atoms with E-state index in [2.05, 4.69) is 0 Å². The van der Waals surface area contributed by atoms with E-state index in [9.17, 15) is 4.39 Å². The fourth-order valence-corrected chi connectivity index (χ4v) is 1.16. The molecule has 0 unspecified atom stereocenters. The van der Waals surface area contributed by atoms with Crippen LogP contribution in [0.1, 0.15) is 18.9 Å². The Morgan fingerprint density at radius 2 is 2.15 bits per heavy atom. The third-order valence-corrected chi connectivity index (χ3v) is 1.97. The monoisotopic (exact) mass is 202 g/mol. The molecule has 1 aromatic rings. The standard InChI is InChI=1S/C10H12ClFO/c1-3-4-13-10-5-7(2)9(12)6-8(10)11/h5-6H,3-4H2,1-2H3. The highest BCUT2D eigenvalue weighted by atomic mass is 35.5. The van der Waals surface area contributed by atoms with Crippen molar-refractivity contribution in [1.29, 1.82) is 0 Å². The molecule has 0 aliphatic heterocycles. The number of hydrogen-bond donors (Lipinski definition) is 0. The van der Waals surface area contributed by atoms with Gasteiger partial charge in [-0.05, 0) is 31.0 Å². The molecular weight excluding hydrogens is 191 g/mol. The molecule has 1 rings (SSSR count). The molecule has 0 atom stereocenters. The molecule has 0 aromatic heterocycles. The van der Waals surface area contributed by atoms with Crippen molar-refractivity contribution in [2.24, 2.45) is 0 Å². The van der Waals surface area contributed by atoms with Gasteiger partial charge in [-0.25, -0.2) is 4.39 Å². The van der Waals surface area contributed by atoms with Crippen molar-refractivity contribution in [3.8, 4) is 5.75 Å². The van der Waals surface area contributed by atoms with Crippen LogP contribution in [0.4, 0.5) is 4.39 Å². The number of benzene rings is 1. The summed E-state index contributed by atoms with van der Waals surface area (Å²) in [5.41, 5.74) is 0.551. The average Bonchev–Trinajstić information content (AvgIpc) is 2.09. The normalized spacial score (nSPS) is 10.2. The lowest BCUT2D eigenvalue weighted by Crippen LogP contribution is -1.96. The Hall–Kier alpha value is -0.760. The van der Waals surface area contributed by atoms with E-state index in [0.717, 1.165) is 6.42 Å². The summed E-state index contributed by atoms with van der Waals surface area (Å²) in [4.78, 5) is 0. The molecule has 0 aliphatic rings. The number of hydrogen-bond acceptors (Lipinski definition) is 1. The molecular formula is C10H12ClFO. The van der Waals surface area contributed by atoms with E-state index in [1.54, 1.807) is 13.0 Å². The van der Waals surface area contributed by atoms with Crippen molar-refractivity contribution in [3.63, 3.8) is 0 Å². The van der Waals surface area contributed by atoms with Crippen LogP contribution < -0.4 is 4.74 Å². The number of rotatable bonds is 3. The average molecular weight is 203 g/mol. The molecule has 0 heterocycles. The van der Waals surface area contributed by atoms with Crippen molar-refractivity contribution in [1.82, 2.24) is 0 Å². The van der Waals surface area contributed by atoms with Gasteiger partial charge in [0.15, 0.2) is 0 Å². The van der Waals surface area contributed by atoms with Gasteiger partial charge in [0.1, 0.15) is 11.6 Å². The summed E-state index contributed by atoms with van der Waals surface area (Å²) in [6, 6.07) is 2.90. The van der Waals surface area contributed by atoms with Gasteiger partial charge in [0, 0.05) is 0 Å². The first-order valence-electron chi connectivity index (χ1n) is 4.23. The summed E-state index contributed by atoms with van der Waals surface area (Å²) in [6.45, 7) is 4.29. The first-order valence-corrected chi connectivity index (χ1v) is 4.61. The van der Waals surface area contributed by atoms with Gasteiger partial charge < -0.3 is 4.74 Å². The minimum absolute atomic E-state index is 0.297. The zero-order valence-electron chi connectivity index (χ0n) is 7.73. The first-order chi connectivity index (χ1) is 6.15. The van der Waals surface area contributed by atoms with E-state index in [4.69, 9.17) is 16.3 Å². The fourth-order valence-electron chi connectivity index (χ4n) is 0.953. The molecule has 0 N–H and O–H groups in total. The quantitative estimate of drug-likeness (QED) is 0.728. The van der Waals surface area contributed by atoms with Crippen molar-refractivity contribution in [3.05, 3.63) is 28.5 Å². The van der Waals surface area contributed by atoms with E-state index < -0.39 is 0 Å². The molecule has 0 aliphatic carbocycles. The summed E-state index contributed by atoms with van der Waals surface area (Å²) < 4.78 is 18.3. The maximum Gasteiger partial charge on any atom is 0.138 e. The van der Waals surface area contributed by atoms with Crippen LogP contribution in [0.3, 0.4) is 0 Å². The molecule has 0 amide bonds. The van der Waals surface area contributed by atoms with E-state index in [-0.39, 0.29) is 5.82 Å². The molecule has 72 valence electrons. The molecule has 0 radical (unpaired) electrons. The van der Waals surface area contributed by atoms with E-state index in [1.807, 2.05) is 6.92 Å². The Labute approximate surface area is 82.5 Å². The Bertz CT molecular complexity index is 299. The largest absolute Gasteiger partial charge is 0.492 e. The lowest BCUT2D eigenvalue weighted by molar-refractivity contribution is 0.317. The molecule has 3 heteroatoms. The molecule has 0 bridgehead atoms. The summed E-state index contributed by atoms with van der Waals surface area (Å²) in [7, 11) is 0. The zero-order valence-corrected chi connectivity index (χ0v) is 8.49. The van der Waals surface area contributed by atoms with E-state index in [0.29, 0.717) is 22.9 Å². The van der Waals surface area contributed by atoms with Gasteiger partial charge in [-0.1, -0.05) is 18.5 Å². The molecule has 13 heavy (non-hydrogen) atoms. The minimum atomic E-state index is -0.297.